The molecule has 0 aliphatic carbocycles. The van der Waals surface area contributed by atoms with E-state index in [-0.39, 0.29) is 33.9 Å². The van der Waals surface area contributed by atoms with Gasteiger partial charge in [-0.15, -0.1) is 0 Å². The summed E-state index contributed by atoms with van der Waals surface area (Å²) < 4.78 is 0. The molecule has 0 aromatic heterocycles. The van der Waals surface area contributed by atoms with Crippen molar-refractivity contribution < 1.29 is 20.4 Å². The Balaban J connectivity index is -0.0000000200. The molecule has 0 spiro atoms. The molecule has 0 unspecified atom stereocenters. The van der Waals surface area contributed by atoms with Crippen molar-refractivity contribution in [2.24, 2.45) is 0 Å². The molecule has 0 aliphatic heterocycles. The smallest absolute Gasteiger partial charge is 2.00 e. The second-order valence-electron chi connectivity index (χ2n) is 0.224. The van der Waals surface area contributed by atoms with E-state index in [1.54, 1.807) is 6.07 Å². The van der Waals surface area contributed by atoms with E-state index in [0.717, 1.165) is 0 Å². The maximum absolute atomic E-state index is 7.32. The SMILES string of the molecule is CC#N.[Pd+2].[S-2]. The molecule has 0 amide bonds. The van der Waals surface area contributed by atoms with Crippen molar-refractivity contribution in [1.29, 1.82) is 5.26 Å². The summed E-state index contributed by atoms with van der Waals surface area (Å²) in [4.78, 5) is 0. The van der Waals surface area contributed by atoms with E-state index in [1.807, 2.05) is 0 Å². The molecular formula is C2H3NPdS. The molecule has 1 nitrogen and oxygen atoms in total. The molecule has 3 heteroatoms. The molecule has 32 valence electrons. The van der Waals surface area contributed by atoms with Crippen molar-refractivity contribution >= 4 is 13.5 Å². The van der Waals surface area contributed by atoms with Crippen molar-refractivity contribution in [1.82, 2.24) is 0 Å². The van der Waals surface area contributed by atoms with Crippen LogP contribution in [0.15, 0.2) is 0 Å². The van der Waals surface area contributed by atoms with Gasteiger partial charge in [0.1, 0.15) is 0 Å². The van der Waals surface area contributed by atoms with Gasteiger partial charge < -0.3 is 13.5 Å². The van der Waals surface area contributed by atoms with Gasteiger partial charge in [-0.1, -0.05) is 0 Å². The first-order valence-corrected chi connectivity index (χ1v) is 0.724. The number of nitrogens with zero attached hydrogens (tertiary/aromatic N) is 1. The van der Waals surface area contributed by atoms with Gasteiger partial charge in [-0.2, -0.15) is 5.26 Å². The van der Waals surface area contributed by atoms with Crippen LogP contribution in [-0.4, -0.2) is 0 Å². The van der Waals surface area contributed by atoms with Gasteiger partial charge in [-0.05, 0) is 0 Å². The van der Waals surface area contributed by atoms with E-state index in [4.69, 9.17) is 5.26 Å². The molecule has 0 radical (unpaired) electrons. The standard InChI is InChI=1S/C2H3N.Pd.S/c1-2-3;;/h1H3;;/q;+2;-2. The third kappa shape index (κ3) is 112. The first-order valence-electron chi connectivity index (χ1n) is 0.724. The average Bonchev–Trinajstić information content (AvgIpc) is 0.918. The van der Waals surface area contributed by atoms with Crippen LogP contribution >= 0.6 is 0 Å². The fourth-order valence-electron chi connectivity index (χ4n) is 0. The van der Waals surface area contributed by atoms with E-state index >= 15 is 0 Å². The van der Waals surface area contributed by atoms with Crippen molar-refractivity contribution in [3.05, 3.63) is 0 Å². The predicted octanol–water partition coefficient (Wildman–Crippen LogP) is 0.525. The number of nitriles is 1. The van der Waals surface area contributed by atoms with E-state index in [9.17, 15) is 0 Å². The molecule has 0 aromatic rings. The van der Waals surface area contributed by atoms with Gasteiger partial charge in [0.15, 0.2) is 0 Å². The average molecular weight is 180 g/mol. The van der Waals surface area contributed by atoms with E-state index < -0.39 is 0 Å². The van der Waals surface area contributed by atoms with Crippen molar-refractivity contribution in [3.63, 3.8) is 0 Å². The number of rotatable bonds is 0. The Hall–Kier alpha value is 0.502. The molecule has 0 bridgehead atoms. The maximum atomic E-state index is 7.32. The summed E-state index contributed by atoms with van der Waals surface area (Å²) in [6, 6.07) is 1.75. The second kappa shape index (κ2) is 24.5. The summed E-state index contributed by atoms with van der Waals surface area (Å²) in [5, 5.41) is 7.32. The monoisotopic (exact) mass is 179 g/mol. The Bertz CT molecular complexity index is 31.1. The summed E-state index contributed by atoms with van der Waals surface area (Å²) in [6.07, 6.45) is 0. The molecule has 5 heavy (non-hydrogen) atoms. The molecule has 0 atom stereocenters. The van der Waals surface area contributed by atoms with Crippen LogP contribution in [0.5, 0.6) is 0 Å². The summed E-state index contributed by atoms with van der Waals surface area (Å²) >= 11 is 0. The Morgan fingerprint density at radius 2 is 1.60 bits per heavy atom. The first-order chi connectivity index (χ1) is 1.41. The Kier molecular flexibility index (Phi) is 87.2. The summed E-state index contributed by atoms with van der Waals surface area (Å²) in [5.41, 5.74) is 0. The van der Waals surface area contributed by atoms with Gasteiger partial charge in [-0.25, -0.2) is 0 Å². The Morgan fingerprint density at radius 3 is 1.60 bits per heavy atom. The first kappa shape index (κ1) is 17.8. The maximum Gasteiger partial charge on any atom is 2.00 e. The zero-order valence-electron chi connectivity index (χ0n) is 2.67. The van der Waals surface area contributed by atoms with Crippen molar-refractivity contribution in [2.45, 2.75) is 6.92 Å². The van der Waals surface area contributed by atoms with Gasteiger partial charge in [0.05, 0.1) is 6.07 Å². The van der Waals surface area contributed by atoms with Gasteiger partial charge in [0.2, 0.25) is 0 Å². The molecule has 0 aromatic carbocycles. The van der Waals surface area contributed by atoms with Crippen LogP contribution in [0.4, 0.5) is 0 Å². The third-order valence-electron chi connectivity index (χ3n) is 0. The van der Waals surface area contributed by atoms with Crippen LogP contribution in [0.25, 0.3) is 0 Å². The molecule has 0 fully saturated rings. The topological polar surface area (TPSA) is 23.8 Å². The molecule has 0 rings (SSSR count). The minimum atomic E-state index is 0. The number of hydrogen-bond acceptors (Lipinski definition) is 1. The van der Waals surface area contributed by atoms with Crippen LogP contribution in [0, 0.1) is 11.3 Å². The normalized spacial score (nSPS) is 1.60. The molecular weight excluding hydrogens is 177 g/mol. The Labute approximate surface area is 52.5 Å². The fraction of sp³-hybridized carbons (Fsp3) is 0.500. The summed E-state index contributed by atoms with van der Waals surface area (Å²) in [6.45, 7) is 1.43. The molecule has 0 heterocycles. The van der Waals surface area contributed by atoms with Gasteiger partial charge >= 0.3 is 20.4 Å². The number of hydrogen-bond donors (Lipinski definition) is 0. The van der Waals surface area contributed by atoms with Gasteiger partial charge in [-0.3, -0.25) is 0 Å². The summed E-state index contributed by atoms with van der Waals surface area (Å²) in [7, 11) is 0. The van der Waals surface area contributed by atoms with Crippen LogP contribution in [-0.2, 0) is 33.9 Å². The zero-order valence-corrected chi connectivity index (χ0v) is 5.04. The predicted molar refractivity (Wildman–Crippen MR) is 18.7 cm³/mol. The third-order valence-corrected chi connectivity index (χ3v) is 0. The molecule has 0 aliphatic rings. The van der Waals surface area contributed by atoms with E-state index in [2.05, 4.69) is 0 Å². The summed E-state index contributed by atoms with van der Waals surface area (Å²) in [5.74, 6) is 0. The molecule has 0 saturated heterocycles. The van der Waals surface area contributed by atoms with E-state index in [0.29, 0.717) is 0 Å². The van der Waals surface area contributed by atoms with Crippen LogP contribution in [0.3, 0.4) is 0 Å². The van der Waals surface area contributed by atoms with Crippen LogP contribution in [0.1, 0.15) is 6.92 Å². The fourth-order valence-corrected chi connectivity index (χ4v) is 0. The quantitative estimate of drug-likeness (QED) is 0.498. The van der Waals surface area contributed by atoms with Gasteiger partial charge in [0.25, 0.3) is 0 Å². The van der Waals surface area contributed by atoms with Crippen LogP contribution in [0.2, 0.25) is 0 Å². The van der Waals surface area contributed by atoms with Crippen LogP contribution < -0.4 is 0 Å². The minimum Gasteiger partial charge on any atom is -2.00 e. The zero-order chi connectivity index (χ0) is 2.71. The molecule has 0 N–H and O–H groups in total. The minimum absolute atomic E-state index is 0. The van der Waals surface area contributed by atoms with Gasteiger partial charge in [0, 0.05) is 6.92 Å². The second-order valence-corrected chi connectivity index (χ2v) is 0.224. The van der Waals surface area contributed by atoms with E-state index in [1.165, 1.54) is 6.92 Å². The molecule has 0 saturated carbocycles. The Morgan fingerprint density at radius 1 is 1.60 bits per heavy atom. The van der Waals surface area contributed by atoms with Crippen molar-refractivity contribution in [2.75, 3.05) is 0 Å². The largest absolute Gasteiger partial charge is 2.00 e. The van der Waals surface area contributed by atoms with Crippen molar-refractivity contribution in [3.8, 4) is 6.07 Å².